The molecule has 1 fully saturated rings. The highest BCUT2D eigenvalue weighted by atomic mass is 35.5. The van der Waals surface area contributed by atoms with E-state index in [-0.39, 0.29) is 23.4 Å². The van der Waals surface area contributed by atoms with Gasteiger partial charge < -0.3 is 10.2 Å². The van der Waals surface area contributed by atoms with Gasteiger partial charge >= 0.3 is 0 Å². The number of benzene rings is 3. The molecule has 0 radical (unpaired) electrons. The van der Waals surface area contributed by atoms with E-state index in [1.54, 1.807) is 56.3 Å². The van der Waals surface area contributed by atoms with Gasteiger partial charge in [-0.25, -0.2) is 8.42 Å². The zero-order valence-electron chi connectivity index (χ0n) is 23.4. The Morgan fingerprint density at radius 3 is 2.29 bits per heavy atom. The number of amides is 2. The minimum atomic E-state index is -4.13. The second kappa shape index (κ2) is 13.3. The lowest BCUT2D eigenvalue weighted by Crippen LogP contribution is -2.52. The lowest BCUT2D eigenvalue weighted by Gasteiger charge is -2.33. The van der Waals surface area contributed by atoms with E-state index in [1.807, 2.05) is 19.1 Å². The fraction of sp³-hybridized carbons (Fsp3) is 0.355. The van der Waals surface area contributed by atoms with Crippen LogP contribution in [0.4, 0.5) is 5.69 Å². The standard InChI is InChI=1S/C31H35Cl2N3O4S/c1-21-13-14-22(2)29(17-21)36(41(39,40)26-11-5-4-6-12-26)20-30(37)35(19-24-15-16-27(32)28(33)18-24)23(3)31(38)34-25-9-7-8-10-25/h4-6,11-18,23,25H,7-10,19-20H2,1-3H3,(H,34,38)/t23-/m0/s1. The van der Waals surface area contributed by atoms with Crippen LogP contribution in [0.15, 0.2) is 71.6 Å². The van der Waals surface area contributed by atoms with Gasteiger partial charge in [0.05, 0.1) is 20.6 Å². The molecular weight excluding hydrogens is 581 g/mol. The third-order valence-electron chi connectivity index (χ3n) is 7.45. The van der Waals surface area contributed by atoms with Gasteiger partial charge in [-0.1, -0.05) is 72.4 Å². The van der Waals surface area contributed by atoms with Crippen molar-refractivity contribution in [3.05, 3.63) is 93.5 Å². The molecule has 0 aromatic heterocycles. The molecule has 2 amide bonds. The van der Waals surface area contributed by atoms with Crippen LogP contribution in [0.3, 0.4) is 0 Å². The van der Waals surface area contributed by atoms with Crippen molar-refractivity contribution in [1.82, 2.24) is 10.2 Å². The molecule has 1 aliphatic carbocycles. The van der Waals surface area contributed by atoms with E-state index in [0.717, 1.165) is 35.6 Å². The average molecular weight is 617 g/mol. The van der Waals surface area contributed by atoms with Gasteiger partial charge in [0.1, 0.15) is 12.6 Å². The van der Waals surface area contributed by atoms with Crippen molar-refractivity contribution >= 4 is 50.7 Å². The Balaban J connectivity index is 1.72. The van der Waals surface area contributed by atoms with Crippen LogP contribution in [-0.4, -0.2) is 43.8 Å². The summed E-state index contributed by atoms with van der Waals surface area (Å²) in [5.74, 6) is -0.805. The summed E-state index contributed by atoms with van der Waals surface area (Å²) in [7, 11) is -4.13. The topological polar surface area (TPSA) is 86.8 Å². The van der Waals surface area contributed by atoms with Crippen LogP contribution in [0.5, 0.6) is 0 Å². The summed E-state index contributed by atoms with van der Waals surface area (Å²) in [6, 6.07) is 17.7. The molecule has 1 aliphatic rings. The van der Waals surface area contributed by atoms with E-state index in [2.05, 4.69) is 5.32 Å². The number of carbonyl (C=O) groups excluding carboxylic acids is 2. The van der Waals surface area contributed by atoms with Crippen molar-refractivity contribution in [2.24, 2.45) is 0 Å². The van der Waals surface area contributed by atoms with Crippen LogP contribution in [0.1, 0.15) is 49.3 Å². The molecule has 0 aliphatic heterocycles. The molecule has 4 rings (SSSR count). The number of halogens is 2. The third kappa shape index (κ3) is 7.42. The lowest BCUT2D eigenvalue weighted by atomic mass is 10.1. The van der Waals surface area contributed by atoms with Crippen LogP contribution in [0.25, 0.3) is 0 Å². The quantitative estimate of drug-likeness (QED) is 0.291. The first-order valence-corrected chi connectivity index (χ1v) is 15.9. The monoisotopic (exact) mass is 615 g/mol. The Kier molecular flexibility index (Phi) is 10.00. The molecule has 1 atom stereocenters. The van der Waals surface area contributed by atoms with Crippen LogP contribution < -0.4 is 9.62 Å². The number of nitrogens with zero attached hydrogens (tertiary/aromatic N) is 2. The first kappa shape index (κ1) is 30.9. The molecule has 3 aromatic carbocycles. The number of anilines is 1. The van der Waals surface area contributed by atoms with Gasteiger partial charge in [-0.2, -0.15) is 0 Å². The minimum absolute atomic E-state index is 0.0427. The van der Waals surface area contributed by atoms with E-state index in [9.17, 15) is 18.0 Å². The molecule has 1 saturated carbocycles. The lowest BCUT2D eigenvalue weighted by molar-refractivity contribution is -0.139. The van der Waals surface area contributed by atoms with Gasteiger partial charge in [-0.15, -0.1) is 0 Å². The molecule has 0 bridgehead atoms. The maximum atomic E-state index is 14.1. The van der Waals surface area contributed by atoms with Gasteiger partial charge in [-0.05, 0) is 80.6 Å². The molecule has 0 unspecified atom stereocenters. The van der Waals surface area contributed by atoms with Crippen molar-refractivity contribution in [3.8, 4) is 0 Å². The maximum absolute atomic E-state index is 14.1. The molecule has 0 spiro atoms. The highest BCUT2D eigenvalue weighted by molar-refractivity contribution is 7.92. The summed E-state index contributed by atoms with van der Waals surface area (Å²) in [6.07, 6.45) is 3.89. The predicted octanol–water partition coefficient (Wildman–Crippen LogP) is 6.28. The third-order valence-corrected chi connectivity index (χ3v) is 9.96. The van der Waals surface area contributed by atoms with Gasteiger partial charge in [0, 0.05) is 12.6 Å². The normalized spacial score (nSPS) is 14.5. The number of nitrogens with one attached hydrogen (secondary N) is 1. The smallest absolute Gasteiger partial charge is 0.264 e. The molecule has 0 heterocycles. The van der Waals surface area contributed by atoms with Gasteiger partial charge in [0.25, 0.3) is 10.0 Å². The number of aryl methyl sites for hydroxylation is 2. The highest BCUT2D eigenvalue weighted by Gasteiger charge is 2.34. The van der Waals surface area contributed by atoms with Gasteiger partial charge in [-0.3, -0.25) is 13.9 Å². The predicted molar refractivity (Wildman–Crippen MR) is 164 cm³/mol. The number of hydrogen-bond donors (Lipinski definition) is 1. The van der Waals surface area contributed by atoms with Gasteiger partial charge in [0.15, 0.2) is 0 Å². The molecule has 1 N–H and O–H groups in total. The Labute approximate surface area is 252 Å². The fourth-order valence-electron chi connectivity index (χ4n) is 5.03. The summed E-state index contributed by atoms with van der Waals surface area (Å²) < 4.78 is 29.1. The Morgan fingerprint density at radius 1 is 0.951 bits per heavy atom. The van der Waals surface area contributed by atoms with Crippen molar-refractivity contribution < 1.29 is 18.0 Å². The Hall–Kier alpha value is -3.07. The van der Waals surface area contributed by atoms with E-state index < -0.39 is 28.5 Å². The number of carbonyl (C=O) groups is 2. The first-order chi connectivity index (χ1) is 19.5. The molecule has 0 saturated heterocycles. The number of sulfonamides is 1. The van der Waals surface area contributed by atoms with Gasteiger partial charge in [0.2, 0.25) is 11.8 Å². The SMILES string of the molecule is Cc1ccc(C)c(N(CC(=O)N(Cc2ccc(Cl)c(Cl)c2)[C@@H](C)C(=O)NC2CCCC2)S(=O)(=O)c2ccccc2)c1. The van der Waals surface area contributed by atoms with Crippen LogP contribution >= 0.6 is 23.2 Å². The fourth-order valence-corrected chi connectivity index (χ4v) is 6.84. The summed E-state index contributed by atoms with van der Waals surface area (Å²) in [5.41, 5.74) is 2.62. The molecule has 7 nitrogen and oxygen atoms in total. The molecule has 10 heteroatoms. The average Bonchev–Trinajstić information content (AvgIpc) is 3.46. The van der Waals surface area contributed by atoms with Crippen LogP contribution in [-0.2, 0) is 26.2 Å². The minimum Gasteiger partial charge on any atom is -0.352 e. The molecular formula is C31H35Cl2N3O4S. The second-order valence-electron chi connectivity index (χ2n) is 10.6. The summed E-state index contributed by atoms with van der Waals surface area (Å²) in [6.45, 7) is 4.88. The van der Waals surface area contributed by atoms with E-state index in [0.29, 0.717) is 26.9 Å². The number of rotatable bonds is 10. The number of hydrogen-bond acceptors (Lipinski definition) is 4. The van der Waals surface area contributed by atoms with Crippen LogP contribution in [0.2, 0.25) is 10.0 Å². The van der Waals surface area contributed by atoms with Crippen molar-refractivity contribution in [3.63, 3.8) is 0 Å². The zero-order valence-corrected chi connectivity index (χ0v) is 25.8. The maximum Gasteiger partial charge on any atom is 0.264 e. The van der Waals surface area contributed by atoms with Crippen LogP contribution in [0, 0.1) is 13.8 Å². The van der Waals surface area contributed by atoms with Crippen molar-refractivity contribution in [2.45, 2.75) is 70.0 Å². The highest BCUT2D eigenvalue weighted by Crippen LogP contribution is 2.29. The Bertz CT molecular complexity index is 1510. The zero-order chi connectivity index (χ0) is 29.7. The largest absolute Gasteiger partial charge is 0.352 e. The van der Waals surface area contributed by atoms with Crippen molar-refractivity contribution in [2.75, 3.05) is 10.8 Å². The van der Waals surface area contributed by atoms with E-state index in [4.69, 9.17) is 23.2 Å². The van der Waals surface area contributed by atoms with E-state index >= 15 is 0 Å². The molecule has 41 heavy (non-hydrogen) atoms. The van der Waals surface area contributed by atoms with E-state index in [1.165, 1.54) is 17.0 Å². The summed E-state index contributed by atoms with van der Waals surface area (Å²) >= 11 is 12.4. The molecule has 218 valence electrons. The second-order valence-corrected chi connectivity index (χ2v) is 13.2. The molecule has 3 aromatic rings. The first-order valence-electron chi connectivity index (χ1n) is 13.7. The van der Waals surface area contributed by atoms with Crippen molar-refractivity contribution in [1.29, 1.82) is 0 Å². The Morgan fingerprint density at radius 2 is 1.63 bits per heavy atom. The summed E-state index contributed by atoms with van der Waals surface area (Å²) in [5, 5.41) is 3.76. The summed E-state index contributed by atoms with van der Waals surface area (Å²) in [4.78, 5) is 28.9.